The number of hydrogen-bond acceptors (Lipinski definition) is 7. The number of hydrogen-bond donors (Lipinski definition) is 2. The molecule has 1 saturated heterocycles. The van der Waals surface area contributed by atoms with E-state index in [0.29, 0.717) is 18.8 Å². The van der Waals surface area contributed by atoms with Crippen LogP contribution in [0.3, 0.4) is 0 Å². The molecule has 0 bridgehead atoms. The molecule has 37 heavy (non-hydrogen) atoms. The molecule has 3 aromatic rings. The van der Waals surface area contributed by atoms with Crippen LogP contribution >= 0.6 is 0 Å². The van der Waals surface area contributed by atoms with E-state index in [1.54, 1.807) is 0 Å². The van der Waals surface area contributed by atoms with Crippen LogP contribution in [0, 0.1) is 11.6 Å². The van der Waals surface area contributed by atoms with Crippen molar-refractivity contribution in [3.63, 3.8) is 0 Å². The second kappa shape index (κ2) is 10.6. The molecule has 0 saturated carbocycles. The maximum Gasteiger partial charge on any atom is 0.417 e. The molecule has 1 fully saturated rings. The zero-order valence-corrected chi connectivity index (χ0v) is 18.7. The molecule has 2 amide bonds. The van der Waals surface area contributed by atoms with Gasteiger partial charge in [-0.05, 0) is 12.1 Å². The smallest absolute Gasteiger partial charge is 0.417 e. The molecule has 1 aromatic carbocycles. The maximum absolute atomic E-state index is 14.0. The number of halogens is 5. The molecule has 0 atom stereocenters. The van der Waals surface area contributed by atoms with Crippen molar-refractivity contribution in [2.24, 2.45) is 0 Å². The molecule has 1 aliphatic heterocycles. The van der Waals surface area contributed by atoms with Crippen molar-refractivity contribution in [1.82, 2.24) is 25.2 Å². The van der Waals surface area contributed by atoms with Gasteiger partial charge in [0.1, 0.15) is 29.8 Å². The number of cyclic esters (lactones) is 1. The van der Waals surface area contributed by atoms with Crippen LogP contribution in [0.25, 0.3) is 11.4 Å². The summed E-state index contributed by atoms with van der Waals surface area (Å²) in [5.74, 6) is -2.66. The van der Waals surface area contributed by atoms with E-state index < -0.39 is 35.4 Å². The van der Waals surface area contributed by atoms with E-state index in [1.165, 1.54) is 29.4 Å². The summed E-state index contributed by atoms with van der Waals surface area (Å²) in [5.41, 5.74) is -1.35. The van der Waals surface area contributed by atoms with Gasteiger partial charge in [0.15, 0.2) is 5.82 Å². The van der Waals surface area contributed by atoms with Crippen LogP contribution in [0.1, 0.15) is 21.6 Å². The molecule has 0 radical (unpaired) electrons. The Morgan fingerprint density at radius 3 is 2.65 bits per heavy atom. The van der Waals surface area contributed by atoms with Crippen molar-refractivity contribution in [3.05, 3.63) is 83.6 Å². The van der Waals surface area contributed by atoms with Crippen molar-refractivity contribution >= 4 is 17.8 Å². The van der Waals surface area contributed by atoms with E-state index in [0.717, 1.165) is 18.3 Å². The number of carbonyl (C=O) groups is 2. The lowest BCUT2D eigenvalue weighted by Gasteiger charge is -2.12. The van der Waals surface area contributed by atoms with Gasteiger partial charge in [0.25, 0.3) is 5.91 Å². The van der Waals surface area contributed by atoms with Gasteiger partial charge in [-0.2, -0.15) is 13.2 Å². The van der Waals surface area contributed by atoms with Crippen LogP contribution in [0.2, 0.25) is 0 Å². The first kappa shape index (κ1) is 25.5. The van der Waals surface area contributed by atoms with Crippen LogP contribution in [0.4, 0.5) is 32.6 Å². The van der Waals surface area contributed by atoms with E-state index in [2.05, 4.69) is 25.6 Å². The van der Waals surface area contributed by atoms with Gasteiger partial charge in [0.05, 0.1) is 12.1 Å². The van der Waals surface area contributed by atoms with Gasteiger partial charge in [-0.1, -0.05) is 6.07 Å². The Morgan fingerprint density at radius 1 is 1.14 bits per heavy atom. The van der Waals surface area contributed by atoms with Crippen molar-refractivity contribution in [2.45, 2.75) is 12.7 Å². The minimum atomic E-state index is -4.68. The number of nitrogens with one attached hydrogen (secondary N) is 2. The highest BCUT2D eigenvalue weighted by molar-refractivity contribution is 5.94. The van der Waals surface area contributed by atoms with E-state index in [1.807, 2.05) is 0 Å². The predicted molar refractivity (Wildman–Crippen MR) is 119 cm³/mol. The third kappa shape index (κ3) is 6.34. The van der Waals surface area contributed by atoms with Crippen molar-refractivity contribution in [1.29, 1.82) is 0 Å². The lowest BCUT2D eigenvalue weighted by Crippen LogP contribution is -2.23. The third-order valence-corrected chi connectivity index (χ3v) is 5.02. The summed E-state index contributed by atoms with van der Waals surface area (Å²) in [7, 11) is 0. The summed E-state index contributed by atoms with van der Waals surface area (Å²) in [6, 6.07) is 4.92. The Hall–Kier alpha value is -4.62. The van der Waals surface area contributed by atoms with Crippen LogP contribution in [-0.4, -0.2) is 45.0 Å². The lowest BCUT2D eigenvalue weighted by molar-refractivity contribution is -0.137. The van der Waals surface area contributed by atoms with Gasteiger partial charge >= 0.3 is 12.3 Å². The molecule has 1 aliphatic rings. The van der Waals surface area contributed by atoms with Crippen LogP contribution in [0.5, 0.6) is 0 Å². The second-order valence-corrected chi connectivity index (χ2v) is 7.61. The first-order chi connectivity index (χ1) is 17.6. The highest BCUT2D eigenvalue weighted by atomic mass is 19.4. The fourth-order valence-corrected chi connectivity index (χ4v) is 3.17. The number of alkyl halides is 3. The van der Waals surface area contributed by atoms with Crippen molar-refractivity contribution in [3.8, 4) is 11.4 Å². The standard InChI is InChI=1S/C23H17F5N6O3/c24-16-2-1-13(17(25)8-16)11-31-19-9-18(21(35)30-3-4-34-5-6-37-22(34)36)32-20(33-19)14-7-15(12-29-10-14)23(26,27)28/h1-4,7-10,12H,5-6,11H2,(H,30,35)(H,31,32,33)/b4-3+. The van der Waals surface area contributed by atoms with Gasteiger partial charge in [0, 0.05) is 54.6 Å². The van der Waals surface area contributed by atoms with Crippen molar-refractivity contribution in [2.75, 3.05) is 18.5 Å². The Labute approximate surface area is 206 Å². The Balaban J connectivity index is 1.63. The van der Waals surface area contributed by atoms with E-state index in [-0.39, 0.29) is 41.6 Å². The number of carbonyl (C=O) groups excluding carboxylic acids is 2. The first-order valence-electron chi connectivity index (χ1n) is 10.6. The lowest BCUT2D eigenvalue weighted by atomic mass is 10.2. The number of pyridine rings is 1. The monoisotopic (exact) mass is 520 g/mol. The Morgan fingerprint density at radius 2 is 1.95 bits per heavy atom. The van der Waals surface area contributed by atoms with Crippen molar-refractivity contribution < 1.29 is 36.3 Å². The fraction of sp³-hybridized carbons (Fsp3) is 0.174. The van der Waals surface area contributed by atoms with Gasteiger partial charge in [-0.3, -0.25) is 14.7 Å². The largest absolute Gasteiger partial charge is 0.447 e. The molecule has 2 N–H and O–H groups in total. The minimum Gasteiger partial charge on any atom is -0.447 e. The number of aromatic nitrogens is 3. The topological polar surface area (TPSA) is 109 Å². The maximum atomic E-state index is 14.0. The van der Waals surface area contributed by atoms with E-state index >= 15 is 0 Å². The molecule has 14 heteroatoms. The van der Waals surface area contributed by atoms with Gasteiger partial charge in [-0.25, -0.2) is 23.5 Å². The molecule has 0 spiro atoms. The van der Waals surface area contributed by atoms with Crippen LogP contribution < -0.4 is 10.6 Å². The molecule has 9 nitrogen and oxygen atoms in total. The molecule has 3 heterocycles. The normalized spacial score (nSPS) is 13.6. The van der Waals surface area contributed by atoms with Gasteiger partial charge in [0.2, 0.25) is 0 Å². The summed E-state index contributed by atoms with van der Waals surface area (Å²) < 4.78 is 71.5. The number of ether oxygens (including phenoxy) is 1. The molecule has 0 unspecified atom stereocenters. The van der Waals surface area contributed by atoms with Gasteiger partial charge < -0.3 is 15.4 Å². The Bertz CT molecular complexity index is 1360. The second-order valence-electron chi connectivity index (χ2n) is 7.61. The number of nitrogens with zero attached hydrogens (tertiary/aromatic N) is 4. The van der Waals surface area contributed by atoms with Crippen LogP contribution in [0.15, 0.2) is 55.1 Å². The quantitative estimate of drug-likeness (QED) is 0.452. The molecule has 2 aromatic heterocycles. The van der Waals surface area contributed by atoms with Gasteiger partial charge in [-0.15, -0.1) is 0 Å². The summed E-state index contributed by atoms with van der Waals surface area (Å²) in [6.45, 7) is 0.307. The Kier molecular flexibility index (Phi) is 7.27. The van der Waals surface area contributed by atoms with Crippen LogP contribution in [-0.2, 0) is 17.5 Å². The molecular formula is C23H17F5N6O3. The average Bonchev–Trinajstić information content (AvgIpc) is 3.27. The highest BCUT2D eigenvalue weighted by Gasteiger charge is 2.31. The summed E-state index contributed by atoms with van der Waals surface area (Å²) in [6.07, 6.45) is -1.10. The number of benzene rings is 1. The van der Waals surface area contributed by atoms with E-state index in [4.69, 9.17) is 4.74 Å². The molecule has 4 rings (SSSR count). The predicted octanol–water partition coefficient (Wildman–Crippen LogP) is 4.10. The molecule has 0 aliphatic carbocycles. The zero-order valence-electron chi connectivity index (χ0n) is 18.7. The molecular weight excluding hydrogens is 503 g/mol. The summed E-state index contributed by atoms with van der Waals surface area (Å²) >= 11 is 0. The average molecular weight is 520 g/mol. The fourth-order valence-electron chi connectivity index (χ4n) is 3.17. The SMILES string of the molecule is O=C(N/C=C/N1CCOC1=O)c1cc(NCc2ccc(F)cc2F)nc(-c2cncc(C(F)(F)F)c2)n1. The zero-order chi connectivity index (χ0) is 26.6. The first-order valence-corrected chi connectivity index (χ1v) is 10.6. The number of rotatable bonds is 7. The summed E-state index contributed by atoms with van der Waals surface area (Å²) in [5, 5.41) is 5.15. The highest BCUT2D eigenvalue weighted by Crippen LogP contribution is 2.31. The number of amides is 2. The summed E-state index contributed by atoms with van der Waals surface area (Å²) in [4.78, 5) is 37.2. The third-order valence-electron chi connectivity index (χ3n) is 5.02. The number of anilines is 1. The van der Waals surface area contributed by atoms with E-state index in [9.17, 15) is 31.5 Å². The minimum absolute atomic E-state index is 0.0246. The molecule has 192 valence electrons.